The minimum atomic E-state index is -0.480. The summed E-state index contributed by atoms with van der Waals surface area (Å²) in [6, 6.07) is 20.8. The molecule has 2 fully saturated rings. The number of likely N-dealkylation sites (N-methyl/N-ethyl adjacent to an activating group) is 1. The summed E-state index contributed by atoms with van der Waals surface area (Å²) in [5, 5.41) is 0. The summed E-state index contributed by atoms with van der Waals surface area (Å²) in [7, 11) is 2.19. The van der Waals surface area contributed by atoms with E-state index in [4.69, 9.17) is 15.2 Å². The van der Waals surface area contributed by atoms with Crippen molar-refractivity contribution < 1.29 is 14.3 Å². The highest BCUT2D eigenvalue weighted by molar-refractivity contribution is 5.94. The molecule has 2 saturated heterocycles. The molecule has 7 nitrogen and oxygen atoms in total. The number of primary amides is 1. The van der Waals surface area contributed by atoms with Crippen LogP contribution in [0.2, 0.25) is 0 Å². The van der Waals surface area contributed by atoms with Gasteiger partial charge in [-0.25, -0.2) is 0 Å². The molecule has 0 unspecified atom stereocenters. The van der Waals surface area contributed by atoms with E-state index in [9.17, 15) is 4.79 Å². The van der Waals surface area contributed by atoms with Gasteiger partial charge in [0, 0.05) is 38.9 Å². The zero-order chi connectivity index (χ0) is 24.9. The van der Waals surface area contributed by atoms with Crippen LogP contribution in [-0.4, -0.2) is 73.2 Å². The smallest absolute Gasteiger partial charge is 0.250 e. The molecule has 0 bridgehead atoms. The van der Waals surface area contributed by atoms with Gasteiger partial charge in [0.1, 0.15) is 0 Å². The lowest BCUT2D eigenvalue weighted by atomic mass is 9.96. The molecule has 0 saturated carbocycles. The fraction of sp³-hybridized carbons (Fsp3) is 0.379. The highest BCUT2D eigenvalue weighted by Gasteiger charge is 2.34. The van der Waals surface area contributed by atoms with Crippen LogP contribution < -0.4 is 5.73 Å². The van der Waals surface area contributed by atoms with Gasteiger partial charge in [-0.1, -0.05) is 48.5 Å². The SMILES string of the molecule is CN1CCN(Cc2ccc(-c3ccc(CO[C@@H]4COC[C@H]4c4ncccc4C(N)=O)cc3)cc2)CC1. The number of benzene rings is 2. The predicted octanol–water partition coefficient (Wildman–Crippen LogP) is 3.29. The molecule has 3 aromatic rings. The lowest BCUT2D eigenvalue weighted by molar-refractivity contribution is 0.0252. The maximum Gasteiger partial charge on any atom is 0.250 e. The average molecular weight is 487 g/mol. The number of nitrogens with two attached hydrogens (primary N) is 1. The summed E-state index contributed by atoms with van der Waals surface area (Å²) < 4.78 is 11.9. The minimum Gasteiger partial charge on any atom is -0.378 e. The third-order valence-corrected chi connectivity index (χ3v) is 7.19. The van der Waals surface area contributed by atoms with Crippen LogP contribution in [-0.2, 0) is 22.6 Å². The molecule has 0 radical (unpaired) electrons. The number of hydrogen-bond donors (Lipinski definition) is 1. The molecule has 1 amide bonds. The van der Waals surface area contributed by atoms with Crippen molar-refractivity contribution in [3.63, 3.8) is 0 Å². The van der Waals surface area contributed by atoms with Crippen LogP contribution >= 0.6 is 0 Å². The third-order valence-electron chi connectivity index (χ3n) is 7.19. The maximum atomic E-state index is 11.8. The van der Waals surface area contributed by atoms with Gasteiger partial charge in [0.05, 0.1) is 43.1 Å². The molecule has 2 atom stereocenters. The van der Waals surface area contributed by atoms with E-state index >= 15 is 0 Å². The van der Waals surface area contributed by atoms with E-state index < -0.39 is 5.91 Å². The Morgan fingerprint density at radius 3 is 2.31 bits per heavy atom. The van der Waals surface area contributed by atoms with Crippen molar-refractivity contribution in [1.29, 1.82) is 0 Å². The molecule has 7 heteroatoms. The Hall–Kier alpha value is -3.10. The second-order valence-corrected chi connectivity index (χ2v) is 9.77. The van der Waals surface area contributed by atoms with Crippen molar-refractivity contribution in [2.24, 2.45) is 5.73 Å². The van der Waals surface area contributed by atoms with E-state index in [1.807, 2.05) is 0 Å². The zero-order valence-electron chi connectivity index (χ0n) is 20.8. The highest BCUT2D eigenvalue weighted by atomic mass is 16.5. The Kier molecular flexibility index (Phi) is 7.72. The van der Waals surface area contributed by atoms with Crippen LogP contribution in [0.5, 0.6) is 0 Å². The number of ether oxygens (including phenoxy) is 2. The highest BCUT2D eigenvalue weighted by Crippen LogP contribution is 2.30. The first-order chi connectivity index (χ1) is 17.6. The van der Waals surface area contributed by atoms with Gasteiger partial charge in [0.2, 0.25) is 0 Å². The van der Waals surface area contributed by atoms with E-state index in [-0.39, 0.29) is 12.0 Å². The largest absolute Gasteiger partial charge is 0.378 e. The number of pyridine rings is 1. The Morgan fingerprint density at radius 2 is 1.64 bits per heavy atom. The number of hydrogen-bond acceptors (Lipinski definition) is 6. The van der Waals surface area contributed by atoms with Gasteiger partial charge in [0.25, 0.3) is 5.91 Å². The van der Waals surface area contributed by atoms with Crippen LogP contribution in [0.3, 0.4) is 0 Å². The number of carbonyl (C=O) groups excluding carboxylic acids is 1. The fourth-order valence-corrected chi connectivity index (χ4v) is 4.94. The normalized spacial score (nSPS) is 21.0. The predicted molar refractivity (Wildman–Crippen MR) is 140 cm³/mol. The number of amides is 1. The molecule has 2 N–H and O–H groups in total. The van der Waals surface area contributed by atoms with Crippen LogP contribution in [0.25, 0.3) is 11.1 Å². The Morgan fingerprint density at radius 1 is 0.972 bits per heavy atom. The van der Waals surface area contributed by atoms with Crippen LogP contribution in [0.1, 0.15) is 33.1 Å². The Balaban J connectivity index is 1.17. The lowest BCUT2D eigenvalue weighted by Gasteiger charge is -2.32. The summed E-state index contributed by atoms with van der Waals surface area (Å²) in [4.78, 5) is 21.1. The second-order valence-electron chi connectivity index (χ2n) is 9.77. The molecule has 36 heavy (non-hydrogen) atoms. The molecule has 188 valence electrons. The van der Waals surface area contributed by atoms with Crippen molar-refractivity contribution >= 4 is 5.91 Å². The number of nitrogens with zero attached hydrogens (tertiary/aromatic N) is 3. The van der Waals surface area contributed by atoms with Gasteiger partial charge in [-0.3, -0.25) is 14.7 Å². The molecule has 5 rings (SSSR count). The van der Waals surface area contributed by atoms with Gasteiger partial charge in [-0.2, -0.15) is 0 Å². The summed E-state index contributed by atoms with van der Waals surface area (Å²) in [5.41, 5.74) is 11.5. The van der Waals surface area contributed by atoms with Gasteiger partial charge < -0.3 is 20.1 Å². The van der Waals surface area contributed by atoms with Crippen LogP contribution in [0, 0.1) is 0 Å². The third kappa shape index (κ3) is 5.82. The summed E-state index contributed by atoms with van der Waals surface area (Å²) >= 11 is 0. The van der Waals surface area contributed by atoms with Crippen LogP contribution in [0.15, 0.2) is 66.9 Å². The Bertz CT molecular complexity index is 1160. The van der Waals surface area contributed by atoms with Crippen molar-refractivity contribution in [3.05, 3.63) is 89.2 Å². The summed E-state index contributed by atoms with van der Waals surface area (Å²) in [5.74, 6) is -0.593. The molecule has 2 aromatic carbocycles. The van der Waals surface area contributed by atoms with Gasteiger partial charge in [-0.15, -0.1) is 0 Å². The molecule has 0 spiro atoms. The topological polar surface area (TPSA) is 80.9 Å². The first-order valence-electron chi connectivity index (χ1n) is 12.6. The minimum absolute atomic E-state index is 0.114. The molecule has 2 aliphatic rings. The molecule has 1 aromatic heterocycles. The van der Waals surface area contributed by atoms with E-state index in [1.54, 1.807) is 18.3 Å². The fourth-order valence-electron chi connectivity index (χ4n) is 4.94. The van der Waals surface area contributed by atoms with Crippen LogP contribution in [0.4, 0.5) is 0 Å². The van der Waals surface area contributed by atoms with E-state index in [0.717, 1.165) is 38.3 Å². The first-order valence-corrected chi connectivity index (χ1v) is 12.6. The number of piperazine rings is 1. The summed E-state index contributed by atoms with van der Waals surface area (Å²) in [6.45, 7) is 6.94. The summed E-state index contributed by atoms with van der Waals surface area (Å²) in [6.07, 6.45) is 1.50. The van der Waals surface area contributed by atoms with Gasteiger partial charge in [-0.05, 0) is 41.4 Å². The van der Waals surface area contributed by atoms with E-state index in [0.29, 0.717) is 31.1 Å². The molecule has 0 aliphatic carbocycles. The monoisotopic (exact) mass is 486 g/mol. The molecule has 2 aliphatic heterocycles. The van der Waals surface area contributed by atoms with Gasteiger partial charge in [0.15, 0.2) is 0 Å². The average Bonchev–Trinajstić information content (AvgIpc) is 3.38. The van der Waals surface area contributed by atoms with Gasteiger partial charge >= 0.3 is 0 Å². The molecular formula is C29H34N4O3. The molecule has 3 heterocycles. The number of aromatic nitrogens is 1. The lowest BCUT2D eigenvalue weighted by Crippen LogP contribution is -2.43. The van der Waals surface area contributed by atoms with Crippen molar-refractivity contribution in [2.75, 3.05) is 46.4 Å². The first kappa shape index (κ1) is 24.6. The quantitative estimate of drug-likeness (QED) is 0.526. The molecular weight excluding hydrogens is 452 g/mol. The zero-order valence-corrected chi connectivity index (χ0v) is 20.8. The second kappa shape index (κ2) is 11.3. The Labute approximate surface area is 212 Å². The van der Waals surface area contributed by atoms with E-state index in [1.165, 1.54) is 16.7 Å². The van der Waals surface area contributed by atoms with Crippen molar-refractivity contribution in [3.8, 4) is 11.1 Å². The number of rotatable bonds is 8. The van der Waals surface area contributed by atoms with Crippen molar-refractivity contribution in [1.82, 2.24) is 14.8 Å². The standard InChI is InChI=1S/C29H34N4O3/c1-32-13-15-33(16-14-32)17-21-4-8-23(9-5-21)24-10-6-22(7-11-24)18-36-27-20-35-19-26(27)28-25(29(30)34)3-2-12-31-28/h2-12,26-27H,13-20H2,1H3,(H2,30,34)/t26-,27-/m1/s1. The maximum absolute atomic E-state index is 11.8. The van der Waals surface area contributed by atoms with E-state index in [2.05, 4.69) is 70.4 Å². The number of carbonyl (C=O) groups is 1. The van der Waals surface area contributed by atoms with Crippen molar-refractivity contribution in [2.45, 2.75) is 25.2 Å².